The number of anilines is 1. The van der Waals surface area contributed by atoms with Crippen molar-refractivity contribution in [2.75, 3.05) is 4.72 Å². The summed E-state index contributed by atoms with van der Waals surface area (Å²) in [5, 5.41) is 3.08. The number of nitrogens with one attached hydrogen (secondary N) is 2. The standard InChI is InChI=1S/C18H14Cl2N2O4S/c19-16-7-6-15(10-17(16)20)27(24,25)22-13-4-1-3-12(9-13)18(23)21-11-14-5-2-8-26-14/h1-10,22H,11H2,(H,21,23). The third-order valence-electron chi connectivity index (χ3n) is 3.58. The lowest BCUT2D eigenvalue weighted by atomic mass is 10.2. The molecule has 0 saturated carbocycles. The minimum atomic E-state index is -3.88. The van der Waals surface area contributed by atoms with E-state index in [1.165, 1.54) is 30.5 Å². The minimum absolute atomic E-state index is 0.0374. The Labute approximate surface area is 166 Å². The molecule has 3 rings (SSSR count). The summed E-state index contributed by atoms with van der Waals surface area (Å²) in [6.07, 6.45) is 1.51. The van der Waals surface area contributed by atoms with E-state index in [0.29, 0.717) is 11.3 Å². The van der Waals surface area contributed by atoms with Gasteiger partial charge in [0.1, 0.15) is 5.76 Å². The molecular formula is C18H14Cl2N2O4S. The lowest BCUT2D eigenvalue weighted by Gasteiger charge is -2.10. The maximum Gasteiger partial charge on any atom is 0.261 e. The molecule has 140 valence electrons. The Morgan fingerprint density at radius 1 is 1.00 bits per heavy atom. The molecule has 1 aromatic heterocycles. The fourth-order valence-electron chi connectivity index (χ4n) is 2.26. The third-order valence-corrected chi connectivity index (χ3v) is 5.70. The van der Waals surface area contributed by atoms with Gasteiger partial charge in [0.2, 0.25) is 0 Å². The van der Waals surface area contributed by atoms with Crippen molar-refractivity contribution in [3.63, 3.8) is 0 Å². The SMILES string of the molecule is O=C(NCc1ccco1)c1cccc(NS(=O)(=O)c2ccc(Cl)c(Cl)c2)c1. The third kappa shape index (κ3) is 4.82. The Bertz CT molecular complexity index is 1070. The number of rotatable bonds is 6. The molecule has 0 fully saturated rings. The Morgan fingerprint density at radius 3 is 2.52 bits per heavy atom. The van der Waals surface area contributed by atoms with Crippen LogP contribution in [0.3, 0.4) is 0 Å². The van der Waals surface area contributed by atoms with Gasteiger partial charge in [-0.05, 0) is 48.5 Å². The number of furan rings is 1. The highest BCUT2D eigenvalue weighted by atomic mass is 35.5. The Balaban J connectivity index is 1.74. The molecule has 0 aliphatic heterocycles. The van der Waals surface area contributed by atoms with Crippen molar-refractivity contribution in [1.82, 2.24) is 5.32 Å². The van der Waals surface area contributed by atoms with Crippen LogP contribution in [-0.2, 0) is 16.6 Å². The van der Waals surface area contributed by atoms with Gasteiger partial charge in [-0.2, -0.15) is 0 Å². The molecule has 2 N–H and O–H groups in total. The fourth-order valence-corrected chi connectivity index (χ4v) is 3.70. The summed E-state index contributed by atoms with van der Waals surface area (Å²) in [5.41, 5.74) is 0.544. The molecule has 0 unspecified atom stereocenters. The quantitative estimate of drug-likeness (QED) is 0.616. The summed E-state index contributed by atoms with van der Waals surface area (Å²) in [5.74, 6) is 0.252. The number of halogens is 2. The van der Waals surface area contributed by atoms with Crippen LogP contribution in [0.25, 0.3) is 0 Å². The molecule has 0 spiro atoms. The van der Waals surface area contributed by atoms with Crippen LogP contribution in [-0.4, -0.2) is 14.3 Å². The highest BCUT2D eigenvalue weighted by molar-refractivity contribution is 7.92. The zero-order valence-corrected chi connectivity index (χ0v) is 16.1. The van der Waals surface area contributed by atoms with Crippen molar-refractivity contribution in [3.05, 3.63) is 82.2 Å². The van der Waals surface area contributed by atoms with Crippen LogP contribution in [0, 0.1) is 0 Å². The normalized spacial score (nSPS) is 11.2. The summed E-state index contributed by atoms with van der Waals surface area (Å²) < 4.78 is 32.6. The molecule has 0 radical (unpaired) electrons. The molecule has 0 aliphatic rings. The number of amides is 1. The van der Waals surface area contributed by atoms with Crippen molar-refractivity contribution < 1.29 is 17.6 Å². The number of sulfonamides is 1. The molecule has 0 bridgehead atoms. The van der Waals surface area contributed by atoms with E-state index in [1.54, 1.807) is 30.3 Å². The number of hydrogen-bond donors (Lipinski definition) is 2. The van der Waals surface area contributed by atoms with E-state index in [2.05, 4.69) is 10.0 Å². The predicted molar refractivity (Wildman–Crippen MR) is 104 cm³/mol. The Kier molecular flexibility index (Phi) is 5.74. The second kappa shape index (κ2) is 8.04. The van der Waals surface area contributed by atoms with Gasteiger partial charge in [0, 0.05) is 11.3 Å². The summed E-state index contributed by atoms with van der Waals surface area (Å²) in [6.45, 7) is 0.227. The van der Waals surface area contributed by atoms with Crippen LogP contribution in [0.4, 0.5) is 5.69 Å². The van der Waals surface area contributed by atoms with E-state index in [0.717, 1.165) is 0 Å². The zero-order chi connectivity index (χ0) is 19.4. The first-order valence-electron chi connectivity index (χ1n) is 7.74. The topological polar surface area (TPSA) is 88.4 Å². The number of benzene rings is 2. The maximum atomic E-state index is 12.5. The molecule has 27 heavy (non-hydrogen) atoms. The summed E-state index contributed by atoms with van der Waals surface area (Å²) in [7, 11) is -3.88. The lowest BCUT2D eigenvalue weighted by Crippen LogP contribution is -2.22. The highest BCUT2D eigenvalue weighted by Crippen LogP contribution is 2.26. The molecule has 3 aromatic rings. The van der Waals surface area contributed by atoms with Gasteiger partial charge in [0.05, 0.1) is 27.7 Å². The summed E-state index contributed by atoms with van der Waals surface area (Å²) in [6, 6.07) is 13.6. The van der Waals surface area contributed by atoms with Gasteiger partial charge in [-0.25, -0.2) is 8.42 Å². The first-order chi connectivity index (χ1) is 12.8. The largest absolute Gasteiger partial charge is 0.467 e. The molecule has 0 aliphatic carbocycles. The number of hydrogen-bond acceptors (Lipinski definition) is 4. The summed E-state index contributed by atoms with van der Waals surface area (Å²) >= 11 is 11.7. The average Bonchev–Trinajstić information content (AvgIpc) is 3.15. The van der Waals surface area contributed by atoms with E-state index < -0.39 is 10.0 Å². The van der Waals surface area contributed by atoms with E-state index in [9.17, 15) is 13.2 Å². The van der Waals surface area contributed by atoms with E-state index in [-0.39, 0.29) is 33.1 Å². The van der Waals surface area contributed by atoms with Crippen molar-refractivity contribution in [2.45, 2.75) is 11.4 Å². The Morgan fingerprint density at radius 2 is 1.81 bits per heavy atom. The van der Waals surface area contributed by atoms with E-state index >= 15 is 0 Å². The van der Waals surface area contributed by atoms with Gasteiger partial charge in [-0.3, -0.25) is 9.52 Å². The van der Waals surface area contributed by atoms with Gasteiger partial charge < -0.3 is 9.73 Å². The zero-order valence-electron chi connectivity index (χ0n) is 13.8. The molecular weight excluding hydrogens is 411 g/mol. The molecule has 1 heterocycles. The Hall–Kier alpha value is -2.48. The van der Waals surface area contributed by atoms with E-state index in [1.807, 2.05) is 0 Å². The molecule has 2 aromatic carbocycles. The first-order valence-corrected chi connectivity index (χ1v) is 9.97. The van der Waals surface area contributed by atoms with Crippen molar-refractivity contribution in [2.24, 2.45) is 0 Å². The smallest absolute Gasteiger partial charge is 0.261 e. The molecule has 6 nitrogen and oxygen atoms in total. The van der Waals surface area contributed by atoms with Crippen molar-refractivity contribution >= 4 is 44.8 Å². The average molecular weight is 425 g/mol. The predicted octanol–water partition coefficient (Wildman–Crippen LogP) is 4.32. The van der Waals surface area contributed by atoms with Gasteiger partial charge in [-0.1, -0.05) is 29.3 Å². The lowest BCUT2D eigenvalue weighted by molar-refractivity contribution is 0.0948. The molecule has 1 amide bonds. The van der Waals surface area contributed by atoms with Crippen LogP contribution in [0.1, 0.15) is 16.1 Å². The fraction of sp³-hybridized carbons (Fsp3) is 0.0556. The van der Waals surface area contributed by atoms with Crippen LogP contribution in [0.15, 0.2) is 70.2 Å². The van der Waals surface area contributed by atoms with Crippen LogP contribution >= 0.6 is 23.2 Å². The number of carbonyl (C=O) groups is 1. The number of carbonyl (C=O) groups excluding carboxylic acids is 1. The molecule has 0 atom stereocenters. The molecule has 0 saturated heterocycles. The van der Waals surface area contributed by atoms with Crippen molar-refractivity contribution in [3.8, 4) is 0 Å². The first kappa shape index (κ1) is 19.3. The maximum absolute atomic E-state index is 12.5. The monoisotopic (exact) mass is 424 g/mol. The minimum Gasteiger partial charge on any atom is -0.467 e. The van der Waals surface area contributed by atoms with Gasteiger partial charge in [-0.15, -0.1) is 0 Å². The summed E-state index contributed by atoms with van der Waals surface area (Å²) in [4.78, 5) is 12.2. The van der Waals surface area contributed by atoms with Gasteiger partial charge in [0.15, 0.2) is 0 Å². The van der Waals surface area contributed by atoms with Crippen LogP contribution in [0.5, 0.6) is 0 Å². The van der Waals surface area contributed by atoms with Crippen LogP contribution < -0.4 is 10.0 Å². The second-order valence-corrected chi connectivity index (χ2v) is 8.02. The van der Waals surface area contributed by atoms with Crippen molar-refractivity contribution in [1.29, 1.82) is 0 Å². The van der Waals surface area contributed by atoms with E-state index in [4.69, 9.17) is 27.6 Å². The second-order valence-electron chi connectivity index (χ2n) is 5.52. The van der Waals surface area contributed by atoms with Gasteiger partial charge in [0.25, 0.3) is 15.9 Å². The van der Waals surface area contributed by atoms with Crippen LogP contribution in [0.2, 0.25) is 10.0 Å². The molecule has 9 heteroatoms. The van der Waals surface area contributed by atoms with Gasteiger partial charge >= 0.3 is 0 Å². The highest BCUT2D eigenvalue weighted by Gasteiger charge is 2.16.